The quantitative estimate of drug-likeness (QED) is 0.764. The number of carbonyl (C=O) groups is 1. The van der Waals surface area contributed by atoms with E-state index in [-0.39, 0.29) is 12.6 Å². The van der Waals surface area contributed by atoms with Gasteiger partial charge in [-0.15, -0.1) is 0 Å². The van der Waals surface area contributed by atoms with Crippen molar-refractivity contribution >= 4 is 5.97 Å². The van der Waals surface area contributed by atoms with Gasteiger partial charge in [-0.2, -0.15) is 0 Å². The highest BCUT2D eigenvalue weighted by atomic mass is 16.6. The highest BCUT2D eigenvalue weighted by molar-refractivity contribution is 5.71. The van der Waals surface area contributed by atoms with Gasteiger partial charge in [0.25, 0.3) is 0 Å². The molecule has 0 aliphatic carbocycles. The summed E-state index contributed by atoms with van der Waals surface area (Å²) in [5.41, 5.74) is 2.07. The lowest BCUT2D eigenvalue weighted by Crippen LogP contribution is -2.16. The summed E-state index contributed by atoms with van der Waals surface area (Å²) in [4.78, 5) is 11.1. The van der Waals surface area contributed by atoms with Crippen LogP contribution in [0.15, 0.2) is 18.2 Å². The number of para-hydroxylation sites is 1. The van der Waals surface area contributed by atoms with E-state index in [4.69, 9.17) is 4.74 Å². The van der Waals surface area contributed by atoms with Crippen LogP contribution in [0, 0.1) is 6.92 Å². The van der Waals surface area contributed by atoms with Gasteiger partial charge in [-0.3, -0.25) is 0 Å². The minimum atomic E-state index is -0.373. The van der Waals surface area contributed by atoms with Gasteiger partial charge in [0.15, 0.2) is 6.61 Å². The Morgan fingerprint density at radius 3 is 2.82 bits per heavy atom. The lowest BCUT2D eigenvalue weighted by Gasteiger charge is -2.13. The Labute approximate surface area is 102 Å². The van der Waals surface area contributed by atoms with Crippen molar-refractivity contribution in [2.75, 3.05) is 20.3 Å². The molecule has 0 aliphatic heterocycles. The first kappa shape index (κ1) is 13.5. The van der Waals surface area contributed by atoms with Crippen LogP contribution in [-0.2, 0) is 16.1 Å². The van der Waals surface area contributed by atoms with E-state index in [1.54, 1.807) is 0 Å². The predicted molar refractivity (Wildman–Crippen MR) is 66.1 cm³/mol. The van der Waals surface area contributed by atoms with Crippen LogP contribution < -0.4 is 10.1 Å². The fourth-order valence-corrected chi connectivity index (χ4v) is 1.51. The van der Waals surface area contributed by atoms with Crippen molar-refractivity contribution in [1.29, 1.82) is 0 Å². The van der Waals surface area contributed by atoms with Gasteiger partial charge in [-0.05, 0) is 19.0 Å². The molecule has 0 bridgehead atoms. The van der Waals surface area contributed by atoms with Crippen LogP contribution in [0.3, 0.4) is 0 Å². The zero-order valence-corrected chi connectivity index (χ0v) is 10.6. The van der Waals surface area contributed by atoms with Gasteiger partial charge in [0, 0.05) is 12.1 Å². The molecule has 1 rings (SSSR count). The number of aryl methyl sites for hydroxylation is 1. The molecule has 17 heavy (non-hydrogen) atoms. The van der Waals surface area contributed by atoms with Gasteiger partial charge in [-0.25, -0.2) is 4.79 Å². The monoisotopic (exact) mass is 237 g/mol. The number of hydrogen-bond acceptors (Lipinski definition) is 4. The van der Waals surface area contributed by atoms with Gasteiger partial charge in [0.05, 0.1) is 7.11 Å². The van der Waals surface area contributed by atoms with Gasteiger partial charge >= 0.3 is 5.97 Å². The van der Waals surface area contributed by atoms with Crippen molar-refractivity contribution in [2.45, 2.75) is 20.4 Å². The summed E-state index contributed by atoms with van der Waals surface area (Å²) in [5.74, 6) is 0.390. The molecule has 4 heteroatoms. The average molecular weight is 237 g/mol. The third-order valence-corrected chi connectivity index (χ3v) is 2.42. The lowest BCUT2D eigenvalue weighted by atomic mass is 10.1. The molecule has 0 unspecified atom stereocenters. The molecule has 1 N–H and O–H groups in total. The highest BCUT2D eigenvalue weighted by Crippen LogP contribution is 2.23. The fraction of sp³-hybridized carbons (Fsp3) is 0.462. The van der Waals surface area contributed by atoms with Crippen molar-refractivity contribution < 1.29 is 14.3 Å². The van der Waals surface area contributed by atoms with E-state index in [1.165, 1.54) is 7.11 Å². The molecule has 0 radical (unpaired) electrons. The second kappa shape index (κ2) is 6.91. The standard InChI is InChI=1S/C13H19NO3/c1-4-14-8-11-7-5-6-10(2)13(11)17-9-12(15)16-3/h5-7,14H,4,8-9H2,1-3H3. The molecule has 1 aromatic rings. The maximum atomic E-state index is 11.1. The second-order valence-corrected chi connectivity index (χ2v) is 3.71. The minimum Gasteiger partial charge on any atom is -0.481 e. The Morgan fingerprint density at radius 2 is 2.18 bits per heavy atom. The molecule has 0 atom stereocenters. The van der Waals surface area contributed by atoms with Gasteiger partial charge < -0.3 is 14.8 Å². The molecule has 4 nitrogen and oxygen atoms in total. The normalized spacial score (nSPS) is 10.1. The Bertz CT molecular complexity index is 377. The third-order valence-electron chi connectivity index (χ3n) is 2.42. The average Bonchev–Trinajstić information content (AvgIpc) is 2.34. The summed E-state index contributed by atoms with van der Waals surface area (Å²) in [5, 5.41) is 3.24. The van der Waals surface area contributed by atoms with Crippen LogP contribution in [-0.4, -0.2) is 26.2 Å². The Hall–Kier alpha value is -1.55. The summed E-state index contributed by atoms with van der Waals surface area (Å²) in [6, 6.07) is 5.93. The molecule has 0 saturated heterocycles. The minimum absolute atomic E-state index is 0.0551. The number of hydrogen-bond donors (Lipinski definition) is 1. The van der Waals surface area contributed by atoms with Crippen molar-refractivity contribution in [3.63, 3.8) is 0 Å². The number of ether oxygens (including phenoxy) is 2. The SMILES string of the molecule is CCNCc1cccc(C)c1OCC(=O)OC. The number of methoxy groups -OCH3 is 1. The molecule has 0 amide bonds. The van der Waals surface area contributed by atoms with Crippen LogP contribution in [0.25, 0.3) is 0 Å². The molecule has 94 valence electrons. The second-order valence-electron chi connectivity index (χ2n) is 3.71. The predicted octanol–water partition coefficient (Wildman–Crippen LogP) is 1.66. The summed E-state index contributed by atoms with van der Waals surface area (Å²) in [7, 11) is 1.35. The number of nitrogens with one attached hydrogen (secondary N) is 1. The Kier molecular flexibility index (Phi) is 5.49. The summed E-state index contributed by atoms with van der Waals surface area (Å²) in [6.45, 7) is 5.58. The molecule has 0 heterocycles. The maximum Gasteiger partial charge on any atom is 0.343 e. The molecular weight excluding hydrogens is 218 g/mol. The third kappa shape index (κ3) is 4.07. The van der Waals surface area contributed by atoms with E-state index in [9.17, 15) is 4.79 Å². The van der Waals surface area contributed by atoms with E-state index in [0.717, 1.165) is 30.0 Å². The van der Waals surface area contributed by atoms with Crippen molar-refractivity contribution in [3.05, 3.63) is 29.3 Å². The zero-order chi connectivity index (χ0) is 12.7. The topological polar surface area (TPSA) is 47.6 Å². The first-order chi connectivity index (χ1) is 8.19. The fourth-order valence-electron chi connectivity index (χ4n) is 1.51. The number of benzene rings is 1. The van der Waals surface area contributed by atoms with Gasteiger partial charge in [-0.1, -0.05) is 25.1 Å². The van der Waals surface area contributed by atoms with Crippen LogP contribution in [0.2, 0.25) is 0 Å². The molecule has 0 aliphatic rings. The van der Waals surface area contributed by atoms with Crippen molar-refractivity contribution in [2.24, 2.45) is 0 Å². The van der Waals surface area contributed by atoms with E-state index in [0.29, 0.717) is 0 Å². The maximum absolute atomic E-state index is 11.1. The lowest BCUT2D eigenvalue weighted by molar-refractivity contribution is -0.142. The van der Waals surface area contributed by atoms with E-state index in [2.05, 4.69) is 10.1 Å². The van der Waals surface area contributed by atoms with Crippen LogP contribution in [0.1, 0.15) is 18.1 Å². The van der Waals surface area contributed by atoms with Crippen molar-refractivity contribution in [1.82, 2.24) is 5.32 Å². The Morgan fingerprint density at radius 1 is 1.41 bits per heavy atom. The summed E-state index contributed by atoms with van der Waals surface area (Å²) in [6.07, 6.45) is 0. The molecule has 0 saturated carbocycles. The largest absolute Gasteiger partial charge is 0.481 e. The zero-order valence-electron chi connectivity index (χ0n) is 10.6. The Balaban J connectivity index is 2.76. The number of esters is 1. The molecule has 0 aromatic heterocycles. The molecule has 0 fully saturated rings. The molecule has 0 spiro atoms. The highest BCUT2D eigenvalue weighted by Gasteiger charge is 2.09. The number of rotatable bonds is 6. The van der Waals surface area contributed by atoms with Crippen LogP contribution in [0.5, 0.6) is 5.75 Å². The molecular formula is C13H19NO3. The first-order valence-corrected chi connectivity index (χ1v) is 5.67. The van der Waals surface area contributed by atoms with Crippen molar-refractivity contribution in [3.8, 4) is 5.75 Å². The van der Waals surface area contributed by atoms with E-state index >= 15 is 0 Å². The van der Waals surface area contributed by atoms with E-state index in [1.807, 2.05) is 32.0 Å². The smallest absolute Gasteiger partial charge is 0.343 e. The van der Waals surface area contributed by atoms with Crippen LogP contribution >= 0.6 is 0 Å². The summed E-state index contributed by atoms with van der Waals surface area (Å²) < 4.78 is 10.1. The van der Waals surface area contributed by atoms with Gasteiger partial charge in [0.2, 0.25) is 0 Å². The van der Waals surface area contributed by atoms with Gasteiger partial charge in [0.1, 0.15) is 5.75 Å². The first-order valence-electron chi connectivity index (χ1n) is 5.67. The molecule has 1 aromatic carbocycles. The summed E-state index contributed by atoms with van der Waals surface area (Å²) >= 11 is 0. The van der Waals surface area contributed by atoms with Crippen LogP contribution in [0.4, 0.5) is 0 Å². The van der Waals surface area contributed by atoms with E-state index < -0.39 is 0 Å². The number of carbonyl (C=O) groups excluding carboxylic acids is 1.